The smallest absolute Gasteiger partial charge is 0.329 e. The van der Waals surface area contributed by atoms with Gasteiger partial charge < -0.3 is 5.73 Å². The van der Waals surface area contributed by atoms with Crippen molar-refractivity contribution >= 4 is 0 Å². The van der Waals surface area contributed by atoms with Crippen molar-refractivity contribution in [3.05, 3.63) is 0 Å². The van der Waals surface area contributed by atoms with Gasteiger partial charge in [-0.3, -0.25) is 4.90 Å². The summed E-state index contributed by atoms with van der Waals surface area (Å²) in [4.78, 5) is 1.58. The molecule has 0 spiro atoms. The van der Waals surface area contributed by atoms with Crippen molar-refractivity contribution < 1.29 is 13.2 Å². The number of nitrogens with zero attached hydrogens (tertiary/aromatic N) is 1. The lowest BCUT2D eigenvalue weighted by Gasteiger charge is -2.47. The summed E-state index contributed by atoms with van der Waals surface area (Å²) in [6, 6.07) is 0. The van der Waals surface area contributed by atoms with Crippen LogP contribution in [0.3, 0.4) is 0 Å². The van der Waals surface area contributed by atoms with E-state index in [-0.39, 0.29) is 0 Å². The van der Waals surface area contributed by atoms with E-state index >= 15 is 0 Å². The summed E-state index contributed by atoms with van der Waals surface area (Å²) in [6.07, 6.45) is 0.139. The Morgan fingerprint density at radius 2 is 1.83 bits per heavy atom. The van der Waals surface area contributed by atoms with Gasteiger partial charge in [-0.05, 0) is 44.6 Å². The van der Waals surface area contributed by atoms with Crippen LogP contribution in [-0.2, 0) is 0 Å². The molecule has 0 heterocycles. The zero-order chi connectivity index (χ0) is 13.8. The van der Waals surface area contributed by atoms with Crippen LogP contribution in [0.25, 0.3) is 0 Å². The average Bonchev–Trinajstić information content (AvgIpc) is 2.28. The predicted octanol–water partition coefficient (Wildman–Crippen LogP) is 3.17. The Labute approximate surface area is 108 Å². The molecule has 0 aromatic heterocycles. The molecule has 1 saturated carbocycles. The van der Waals surface area contributed by atoms with Gasteiger partial charge in [0.05, 0.1) is 6.54 Å². The van der Waals surface area contributed by atoms with Crippen molar-refractivity contribution in [1.29, 1.82) is 0 Å². The van der Waals surface area contributed by atoms with Gasteiger partial charge in [0.1, 0.15) is 0 Å². The first kappa shape index (κ1) is 15.8. The first-order valence-electron chi connectivity index (χ1n) is 6.85. The Balaban J connectivity index is 2.79. The van der Waals surface area contributed by atoms with Crippen LogP contribution in [0.2, 0.25) is 0 Å². The minimum atomic E-state index is -4.14. The number of halogens is 3. The highest BCUT2D eigenvalue weighted by molar-refractivity contribution is 4.96. The fraction of sp³-hybridized carbons (Fsp3) is 1.00. The average molecular weight is 266 g/mol. The first-order valence-corrected chi connectivity index (χ1v) is 6.85. The van der Waals surface area contributed by atoms with Crippen molar-refractivity contribution in [2.75, 3.05) is 19.6 Å². The van der Waals surface area contributed by atoms with Gasteiger partial charge in [-0.2, -0.15) is 13.2 Å². The maximum atomic E-state index is 12.7. The van der Waals surface area contributed by atoms with Crippen LogP contribution >= 0.6 is 0 Å². The second-order valence-electron chi connectivity index (χ2n) is 5.65. The quantitative estimate of drug-likeness (QED) is 0.828. The molecule has 0 unspecified atom stereocenters. The zero-order valence-electron chi connectivity index (χ0n) is 11.4. The number of hydrogen-bond acceptors (Lipinski definition) is 2. The highest BCUT2D eigenvalue weighted by Gasteiger charge is 2.42. The molecule has 0 bridgehead atoms. The lowest BCUT2D eigenvalue weighted by molar-refractivity contribution is -0.162. The summed E-state index contributed by atoms with van der Waals surface area (Å²) in [5, 5.41) is 0. The van der Waals surface area contributed by atoms with Gasteiger partial charge >= 0.3 is 6.18 Å². The molecule has 0 atom stereocenters. The van der Waals surface area contributed by atoms with Crippen LogP contribution in [0.4, 0.5) is 13.2 Å². The van der Waals surface area contributed by atoms with E-state index in [2.05, 4.69) is 6.92 Å². The highest BCUT2D eigenvalue weighted by atomic mass is 19.4. The second kappa shape index (κ2) is 6.24. The normalized spacial score (nSPS) is 29.8. The van der Waals surface area contributed by atoms with E-state index in [9.17, 15) is 13.2 Å². The van der Waals surface area contributed by atoms with E-state index in [0.717, 1.165) is 32.1 Å². The summed E-state index contributed by atoms with van der Waals surface area (Å²) in [6.45, 7) is 4.06. The van der Waals surface area contributed by atoms with Crippen LogP contribution in [0.5, 0.6) is 0 Å². The number of hydrogen-bond donors (Lipinski definition) is 1. The minimum Gasteiger partial charge on any atom is -0.329 e. The molecule has 0 amide bonds. The monoisotopic (exact) mass is 266 g/mol. The van der Waals surface area contributed by atoms with Crippen molar-refractivity contribution in [1.82, 2.24) is 4.90 Å². The van der Waals surface area contributed by atoms with Gasteiger partial charge in [0.15, 0.2) is 0 Å². The van der Waals surface area contributed by atoms with Crippen molar-refractivity contribution in [2.24, 2.45) is 11.7 Å². The zero-order valence-corrected chi connectivity index (χ0v) is 11.4. The molecule has 108 valence electrons. The van der Waals surface area contributed by atoms with E-state index in [1.165, 1.54) is 0 Å². The maximum Gasteiger partial charge on any atom is 0.401 e. The molecule has 5 heteroatoms. The van der Waals surface area contributed by atoms with Crippen molar-refractivity contribution in [2.45, 2.75) is 57.7 Å². The molecule has 0 radical (unpaired) electrons. The Morgan fingerprint density at radius 1 is 1.28 bits per heavy atom. The van der Waals surface area contributed by atoms with Crippen molar-refractivity contribution in [3.63, 3.8) is 0 Å². The molecule has 1 aliphatic carbocycles. The summed E-state index contributed by atoms with van der Waals surface area (Å²) in [5.41, 5.74) is 5.39. The first-order chi connectivity index (χ1) is 8.33. The molecule has 0 saturated heterocycles. The standard InChI is InChI=1S/C13H25F3N2/c1-3-8-18(10-13(14,15)16)12(9-17)6-4-11(2)5-7-12/h11H,3-10,17H2,1-2H3. The number of alkyl halides is 3. The predicted molar refractivity (Wildman–Crippen MR) is 67.3 cm³/mol. The lowest BCUT2D eigenvalue weighted by atomic mass is 9.76. The van der Waals surface area contributed by atoms with Crippen LogP contribution in [0, 0.1) is 5.92 Å². The van der Waals surface area contributed by atoms with Gasteiger partial charge in [0.2, 0.25) is 0 Å². The lowest BCUT2D eigenvalue weighted by Crippen LogP contribution is -2.58. The van der Waals surface area contributed by atoms with E-state index in [0.29, 0.717) is 19.0 Å². The Morgan fingerprint density at radius 3 is 2.22 bits per heavy atom. The van der Waals surface area contributed by atoms with Crippen LogP contribution in [0.1, 0.15) is 46.0 Å². The fourth-order valence-corrected chi connectivity index (χ4v) is 2.92. The third kappa shape index (κ3) is 4.12. The molecule has 0 aromatic carbocycles. The third-order valence-corrected chi connectivity index (χ3v) is 4.12. The van der Waals surface area contributed by atoms with Gasteiger partial charge in [-0.1, -0.05) is 13.8 Å². The second-order valence-corrected chi connectivity index (χ2v) is 5.65. The van der Waals surface area contributed by atoms with Gasteiger partial charge in [-0.25, -0.2) is 0 Å². The maximum absolute atomic E-state index is 12.7. The molecule has 1 rings (SSSR count). The van der Waals surface area contributed by atoms with Crippen molar-refractivity contribution in [3.8, 4) is 0 Å². The van der Waals surface area contributed by atoms with Crippen LogP contribution in [-0.4, -0.2) is 36.2 Å². The van der Waals surface area contributed by atoms with Crippen LogP contribution < -0.4 is 5.73 Å². The number of nitrogens with two attached hydrogens (primary N) is 1. The third-order valence-electron chi connectivity index (χ3n) is 4.12. The van der Waals surface area contributed by atoms with Crippen LogP contribution in [0.15, 0.2) is 0 Å². The molecule has 2 nitrogen and oxygen atoms in total. The molecule has 1 fully saturated rings. The highest BCUT2D eigenvalue weighted by Crippen LogP contribution is 2.37. The summed E-state index contributed by atoms with van der Waals surface area (Å²) >= 11 is 0. The summed E-state index contributed by atoms with van der Waals surface area (Å²) in [5.74, 6) is 0.610. The van der Waals surface area contributed by atoms with Gasteiger partial charge in [0, 0.05) is 12.1 Å². The minimum absolute atomic E-state index is 0.329. The Hall–Kier alpha value is -0.290. The molecular weight excluding hydrogens is 241 g/mol. The molecule has 18 heavy (non-hydrogen) atoms. The fourth-order valence-electron chi connectivity index (χ4n) is 2.92. The largest absolute Gasteiger partial charge is 0.401 e. The molecule has 1 aliphatic rings. The van der Waals surface area contributed by atoms with E-state index < -0.39 is 18.3 Å². The summed E-state index contributed by atoms with van der Waals surface area (Å²) in [7, 11) is 0. The number of rotatable bonds is 5. The molecular formula is C13H25F3N2. The van der Waals surface area contributed by atoms with E-state index in [1.807, 2.05) is 6.92 Å². The molecule has 2 N–H and O–H groups in total. The summed E-state index contributed by atoms with van der Waals surface area (Å²) < 4.78 is 38.1. The van der Waals surface area contributed by atoms with E-state index in [1.54, 1.807) is 4.90 Å². The van der Waals surface area contributed by atoms with Gasteiger partial charge in [-0.15, -0.1) is 0 Å². The SMILES string of the molecule is CCCN(CC(F)(F)F)C1(CN)CCC(C)CC1. The molecule has 0 aliphatic heterocycles. The Kier molecular flexibility index (Phi) is 5.46. The van der Waals surface area contributed by atoms with E-state index in [4.69, 9.17) is 5.73 Å². The Bertz CT molecular complexity index is 245. The topological polar surface area (TPSA) is 29.3 Å². The molecule has 0 aromatic rings. The van der Waals surface area contributed by atoms with Gasteiger partial charge in [0.25, 0.3) is 0 Å².